The Balaban J connectivity index is 1.56. The second kappa shape index (κ2) is 17.5. The Morgan fingerprint density at radius 1 is 1.02 bits per heavy atom. The van der Waals surface area contributed by atoms with E-state index >= 15 is 0 Å². The molecule has 3 amide bonds. The Bertz CT molecular complexity index is 1510. The number of anilines is 2. The topological polar surface area (TPSA) is 103 Å². The number of nitrogens with one attached hydrogen (secondary N) is 2. The van der Waals surface area contributed by atoms with Gasteiger partial charge in [-0.15, -0.1) is 0 Å². The quantitative estimate of drug-likeness (QED) is 0.231. The highest BCUT2D eigenvalue weighted by Gasteiger charge is 2.32. The van der Waals surface area contributed by atoms with Crippen molar-refractivity contribution < 1.29 is 37.3 Å². The fraction of sp³-hybridized carbons (Fsp3) is 0.459. The first-order chi connectivity index (χ1) is 23.3. The summed E-state index contributed by atoms with van der Waals surface area (Å²) in [5.41, 5.74) is 1.32. The lowest BCUT2D eigenvalue weighted by Crippen LogP contribution is -2.47. The van der Waals surface area contributed by atoms with E-state index in [-0.39, 0.29) is 42.7 Å². The molecule has 1 heterocycles. The van der Waals surface area contributed by atoms with Crippen LogP contribution in [0.5, 0.6) is 5.75 Å². The van der Waals surface area contributed by atoms with E-state index < -0.39 is 23.8 Å². The number of nitrogens with zero attached hydrogens (tertiary/aromatic N) is 2. The monoisotopic (exact) mass is 684 g/mol. The number of alkyl halides is 3. The minimum Gasteiger partial charge on any atom is -0.490 e. The second-order valence-corrected chi connectivity index (χ2v) is 12.8. The number of amides is 3. The SMILES string of the molecule is C[C@@H]1CCCCO[C@H](CN(C)Cc2ccc(C(F)(F)F)cc2)[C@@H](C)CN([C@H](C)CO)C(=O)c2cc(NC(=O)Nc3ccccc3)ccc2O1. The van der Waals surface area contributed by atoms with E-state index in [1.807, 2.05) is 44.0 Å². The summed E-state index contributed by atoms with van der Waals surface area (Å²) in [6.07, 6.45) is -2.56. The fourth-order valence-electron chi connectivity index (χ4n) is 5.76. The van der Waals surface area contributed by atoms with Crippen molar-refractivity contribution in [3.8, 4) is 5.75 Å². The van der Waals surface area contributed by atoms with Crippen molar-refractivity contribution in [3.05, 3.63) is 89.5 Å². The van der Waals surface area contributed by atoms with Crippen molar-refractivity contribution in [1.29, 1.82) is 0 Å². The fourth-order valence-corrected chi connectivity index (χ4v) is 5.76. The van der Waals surface area contributed by atoms with Gasteiger partial charge in [0, 0.05) is 43.5 Å². The Morgan fingerprint density at radius 3 is 2.39 bits per heavy atom. The van der Waals surface area contributed by atoms with E-state index in [1.54, 1.807) is 42.2 Å². The molecule has 0 saturated heterocycles. The highest BCUT2D eigenvalue weighted by atomic mass is 19.4. The standard InChI is InChI=1S/C37H47F3N4O5/c1-25-21-44(26(2)24-45)35(46)32-20-31(42-36(47)41-30-11-6-5-7-12-30)17-18-33(32)49-27(3)10-8-9-19-48-34(25)23-43(4)22-28-13-15-29(16-14-28)37(38,39)40/h5-7,11-18,20,25-27,34,45H,8-10,19,21-24H2,1-4H3,(H2,41,42,47)/t25-,26+,27+,34+/m0/s1. The van der Waals surface area contributed by atoms with Gasteiger partial charge in [-0.05, 0) is 88.2 Å². The van der Waals surface area contributed by atoms with E-state index in [0.717, 1.165) is 37.0 Å². The smallest absolute Gasteiger partial charge is 0.416 e. The highest BCUT2D eigenvalue weighted by Crippen LogP contribution is 2.30. The van der Waals surface area contributed by atoms with Gasteiger partial charge in [-0.3, -0.25) is 9.69 Å². The third-order valence-corrected chi connectivity index (χ3v) is 8.57. The summed E-state index contributed by atoms with van der Waals surface area (Å²) in [7, 11) is 1.89. The number of urea groups is 1. The van der Waals surface area contributed by atoms with Gasteiger partial charge in [0.15, 0.2) is 0 Å². The zero-order valence-electron chi connectivity index (χ0n) is 28.5. The molecule has 3 N–H and O–H groups in total. The van der Waals surface area contributed by atoms with Crippen LogP contribution in [0.4, 0.5) is 29.3 Å². The summed E-state index contributed by atoms with van der Waals surface area (Å²) in [4.78, 5) is 30.7. The number of ether oxygens (including phenoxy) is 2. The minimum absolute atomic E-state index is 0.183. The maximum atomic E-state index is 14.3. The normalized spacial score (nSPS) is 20.1. The molecule has 9 nitrogen and oxygen atoms in total. The predicted octanol–water partition coefficient (Wildman–Crippen LogP) is 7.28. The van der Waals surface area contributed by atoms with Gasteiger partial charge >= 0.3 is 12.2 Å². The van der Waals surface area contributed by atoms with Gasteiger partial charge in [-0.25, -0.2) is 4.79 Å². The second-order valence-electron chi connectivity index (χ2n) is 12.8. The number of hydrogen-bond donors (Lipinski definition) is 3. The molecule has 0 spiro atoms. The summed E-state index contributed by atoms with van der Waals surface area (Å²) in [5.74, 6) is -0.163. The minimum atomic E-state index is -4.40. The molecule has 266 valence electrons. The highest BCUT2D eigenvalue weighted by molar-refractivity contribution is 6.02. The van der Waals surface area contributed by atoms with E-state index in [0.29, 0.717) is 36.8 Å². The summed E-state index contributed by atoms with van der Waals surface area (Å²) < 4.78 is 51.8. The maximum absolute atomic E-state index is 14.3. The van der Waals surface area contributed by atoms with Crippen molar-refractivity contribution in [2.75, 3.05) is 44.0 Å². The summed E-state index contributed by atoms with van der Waals surface area (Å²) >= 11 is 0. The Kier molecular flexibility index (Phi) is 13.5. The molecule has 0 aliphatic carbocycles. The average Bonchev–Trinajstić information content (AvgIpc) is 3.06. The van der Waals surface area contributed by atoms with Gasteiger partial charge in [0.2, 0.25) is 0 Å². The number of para-hydroxylation sites is 1. The van der Waals surface area contributed by atoms with Gasteiger partial charge < -0.3 is 30.1 Å². The van der Waals surface area contributed by atoms with E-state index in [9.17, 15) is 27.9 Å². The largest absolute Gasteiger partial charge is 0.490 e. The number of fused-ring (bicyclic) bond motifs is 1. The van der Waals surface area contributed by atoms with Crippen LogP contribution in [0, 0.1) is 5.92 Å². The van der Waals surface area contributed by atoms with E-state index in [2.05, 4.69) is 10.6 Å². The molecule has 3 aromatic carbocycles. The molecule has 1 aliphatic heterocycles. The first-order valence-electron chi connectivity index (χ1n) is 16.7. The van der Waals surface area contributed by atoms with Gasteiger partial charge in [0.1, 0.15) is 5.75 Å². The van der Waals surface area contributed by atoms with Crippen LogP contribution in [0.3, 0.4) is 0 Å². The molecular formula is C37H47F3N4O5. The van der Waals surface area contributed by atoms with Gasteiger partial charge in [0.25, 0.3) is 5.91 Å². The number of halogens is 3. The van der Waals surface area contributed by atoms with Crippen LogP contribution in [0.2, 0.25) is 0 Å². The molecule has 1 aliphatic rings. The summed E-state index contributed by atoms with van der Waals surface area (Å²) in [6.45, 7) is 7.04. The third kappa shape index (κ3) is 11.2. The maximum Gasteiger partial charge on any atom is 0.416 e. The number of rotatable bonds is 8. The number of aliphatic hydroxyl groups is 1. The molecule has 12 heteroatoms. The zero-order valence-corrected chi connectivity index (χ0v) is 28.5. The lowest BCUT2D eigenvalue weighted by atomic mass is 10.0. The molecule has 49 heavy (non-hydrogen) atoms. The van der Waals surface area contributed by atoms with Crippen LogP contribution < -0.4 is 15.4 Å². The van der Waals surface area contributed by atoms with Crippen LogP contribution >= 0.6 is 0 Å². The van der Waals surface area contributed by atoms with Gasteiger partial charge in [-0.1, -0.05) is 37.3 Å². The molecule has 4 rings (SSSR count). The Morgan fingerprint density at radius 2 is 1.71 bits per heavy atom. The first kappa shape index (κ1) is 37.7. The van der Waals surface area contributed by atoms with Crippen LogP contribution in [-0.4, -0.2) is 78.4 Å². The molecule has 3 aromatic rings. The number of hydrogen-bond acceptors (Lipinski definition) is 6. The number of carbonyl (C=O) groups is 2. The molecule has 0 fully saturated rings. The van der Waals surface area contributed by atoms with Crippen LogP contribution in [0.25, 0.3) is 0 Å². The Hall–Kier alpha value is -4.13. The van der Waals surface area contributed by atoms with Crippen molar-refractivity contribution in [3.63, 3.8) is 0 Å². The molecule has 0 radical (unpaired) electrons. The molecular weight excluding hydrogens is 637 g/mol. The van der Waals surface area contributed by atoms with Crippen LogP contribution in [-0.2, 0) is 17.5 Å². The summed E-state index contributed by atoms with van der Waals surface area (Å²) in [5, 5.41) is 15.8. The first-order valence-corrected chi connectivity index (χ1v) is 16.7. The predicted molar refractivity (Wildman–Crippen MR) is 184 cm³/mol. The zero-order chi connectivity index (χ0) is 35.6. The van der Waals surface area contributed by atoms with Crippen molar-refractivity contribution in [2.45, 2.75) is 71.0 Å². The number of benzene rings is 3. The van der Waals surface area contributed by atoms with Crippen molar-refractivity contribution in [2.24, 2.45) is 5.92 Å². The molecule has 0 unspecified atom stereocenters. The molecule has 0 saturated carbocycles. The third-order valence-electron chi connectivity index (χ3n) is 8.57. The molecule has 0 bridgehead atoms. The molecule has 0 aromatic heterocycles. The lowest BCUT2D eigenvalue weighted by molar-refractivity contribution is -0.137. The number of aliphatic hydroxyl groups excluding tert-OH is 1. The number of likely N-dealkylation sites (N-methyl/N-ethyl adjacent to an activating group) is 1. The van der Waals surface area contributed by atoms with Crippen LogP contribution in [0.15, 0.2) is 72.8 Å². The van der Waals surface area contributed by atoms with Gasteiger partial charge in [-0.2, -0.15) is 13.2 Å². The molecule has 4 atom stereocenters. The van der Waals surface area contributed by atoms with Crippen molar-refractivity contribution >= 4 is 23.3 Å². The van der Waals surface area contributed by atoms with Gasteiger partial charge in [0.05, 0.1) is 36.0 Å². The number of carbonyl (C=O) groups excluding carboxylic acids is 2. The van der Waals surface area contributed by atoms with E-state index in [1.165, 1.54) is 12.1 Å². The lowest BCUT2D eigenvalue weighted by Gasteiger charge is -2.36. The van der Waals surface area contributed by atoms with Crippen molar-refractivity contribution in [1.82, 2.24) is 9.80 Å². The average molecular weight is 685 g/mol. The summed E-state index contributed by atoms with van der Waals surface area (Å²) in [6, 6.07) is 18.1. The Labute approximate surface area is 286 Å². The van der Waals surface area contributed by atoms with E-state index in [4.69, 9.17) is 9.47 Å². The van der Waals surface area contributed by atoms with Crippen LogP contribution in [0.1, 0.15) is 61.5 Å².